The molecule has 184 valence electrons. The van der Waals surface area contributed by atoms with Crippen LogP contribution in [0, 0.1) is 11.8 Å². The number of hydrogen-bond acceptors (Lipinski definition) is 3. The van der Waals surface area contributed by atoms with Crippen LogP contribution in [0.2, 0.25) is 0 Å². The predicted molar refractivity (Wildman–Crippen MR) is 128 cm³/mol. The van der Waals surface area contributed by atoms with Gasteiger partial charge in [-0.05, 0) is 54.0 Å². The SMILES string of the molecule is O=S(=O)(c1cccc(C(F)(F)F)c1)N1C[C@@H]2CC[C@@H](NC(c3ccccc3)c3ccccc3)[C@@H]2C1. The van der Waals surface area contributed by atoms with E-state index in [1.54, 1.807) is 0 Å². The molecule has 35 heavy (non-hydrogen) atoms. The minimum Gasteiger partial charge on any atom is -0.303 e. The molecule has 1 saturated carbocycles. The molecule has 1 heterocycles. The summed E-state index contributed by atoms with van der Waals surface area (Å²) in [6.45, 7) is 0.639. The van der Waals surface area contributed by atoms with E-state index in [1.807, 2.05) is 36.4 Å². The van der Waals surface area contributed by atoms with E-state index in [0.29, 0.717) is 13.1 Å². The van der Waals surface area contributed by atoms with Crippen LogP contribution >= 0.6 is 0 Å². The van der Waals surface area contributed by atoms with Crippen LogP contribution in [0.1, 0.15) is 35.6 Å². The third-order valence-corrected chi connectivity index (χ3v) is 9.10. The van der Waals surface area contributed by atoms with E-state index in [4.69, 9.17) is 0 Å². The van der Waals surface area contributed by atoms with Crippen molar-refractivity contribution >= 4 is 10.0 Å². The first-order valence-electron chi connectivity index (χ1n) is 11.8. The Bertz CT molecular complexity index is 1230. The van der Waals surface area contributed by atoms with Gasteiger partial charge in [0.15, 0.2) is 0 Å². The summed E-state index contributed by atoms with van der Waals surface area (Å²) in [4.78, 5) is -0.303. The van der Waals surface area contributed by atoms with Gasteiger partial charge in [0.1, 0.15) is 0 Å². The average molecular weight is 501 g/mol. The highest BCUT2D eigenvalue weighted by molar-refractivity contribution is 7.89. The van der Waals surface area contributed by atoms with Crippen LogP contribution in [-0.2, 0) is 16.2 Å². The summed E-state index contributed by atoms with van der Waals surface area (Å²) in [5, 5.41) is 3.79. The van der Waals surface area contributed by atoms with Crippen molar-refractivity contribution in [2.24, 2.45) is 11.8 Å². The standard InChI is InChI=1S/C27H27F3N2O2S/c28-27(29,30)22-12-7-13-23(16-22)35(33,34)32-17-21-14-15-25(24(21)18-32)31-26(19-8-3-1-4-9-19)20-10-5-2-6-11-20/h1-13,16,21,24-26,31H,14-15,17-18H2/t21-,24+,25+/m0/s1. The molecule has 1 N–H and O–H groups in total. The molecular weight excluding hydrogens is 473 g/mol. The lowest BCUT2D eigenvalue weighted by molar-refractivity contribution is -0.137. The highest BCUT2D eigenvalue weighted by Crippen LogP contribution is 2.42. The first-order valence-corrected chi connectivity index (χ1v) is 13.2. The van der Waals surface area contributed by atoms with E-state index >= 15 is 0 Å². The van der Waals surface area contributed by atoms with E-state index < -0.39 is 21.8 Å². The number of alkyl halides is 3. The number of nitrogens with one attached hydrogen (secondary N) is 1. The fraction of sp³-hybridized carbons (Fsp3) is 0.333. The van der Waals surface area contributed by atoms with Crippen LogP contribution in [0.5, 0.6) is 0 Å². The van der Waals surface area contributed by atoms with Crippen molar-refractivity contribution in [2.45, 2.75) is 36.0 Å². The van der Waals surface area contributed by atoms with Crippen molar-refractivity contribution in [3.05, 3.63) is 102 Å². The Kier molecular flexibility index (Phi) is 6.46. The van der Waals surface area contributed by atoms with Gasteiger partial charge in [-0.15, -0.1) is 0 Å². The molecule has 3 atom stereocenters. The summed E-state index contributed by atoms with van der Waals surface area (Å²) < 4.78 is 67.3. The van der Waals surface area contributed by atoms with Crippen LogP contribution in [0.25, 0.3) is 0 Å². The van der Waals surface area contributed by atoms with Crippen LogP contribution in [0.3, 0.4) is 0 Å². The molecule has 2 fully saturated rings. The second-order valence-electron chi connectivity index (χ2n) is 9.38. The number of sulfonamides is 1. The van der Waals surface area contributed by atoms with Gasteiger partial charge in [-0.25, -0.2) is 8.42 Å². The maximum absolute atomic E-state index is 13.3. The molecule has 1 aliphatic heterocycles. The summed E-state index contributed by atoms with van der Waals surface area (Å²) in [5.74, 6) is 0.283. The van der Waals surface area contributed by atoms with Crippen LogP contribution in [0.15, 0.2) is 89.8 Å². The van der Waals surface area contributed by atoms with Crippen molar-refractivity contribution in [1.29, 1.82) is 0 Å². The van der Waals surface area contributed by atoms with E-state index in [0.717, 1.165) is 42.2 Å². The van der Waals surface area contributed by atoms with Gasteiger partial charge in [-0.2, -0.15) is 17.5 Å². The lowest BCUT2D eigenvalue weighted by Gasteiger charge is -2.28. The van der Waals surface area contributed by atoms with Gasteiger partial charge in [0, 0.05) is 19.1 Å². The lowest BCUT2D eigenvalue weighted by atomic mass is 9.94. The Hall–Kier alpha value is -2.68. The van der Waals surface area contributed by atoms with Gasteiger partial charge in [0.25, 0.3) is 0 Å². The van der Waals surface area contributed by atoms with E-state index in [9.17, 15) is 21.6 Å². The summed E-state index contributed by atoms with van der Waals surface area (Å²) >= 11 is 0. The normalized spacial score (nSPS) is 23.0. The summed E-state index contributed by atoms with van der Waals surface area (Å²) in [7, 11) is -4.01. The summed E-state index contributed by atoms with van der Waals surface area (Å²) in [6, 6.07) is 24.4. The largest absolute Gasteiger partial charge is 0.416 e. The Morgan fingerprint density at radius 3 is 2.06 bits per heavy atom. The van der Waals surface area contributed by atoms with Crippen molar-refractivity contribution in [3.63, 3.8) is 0 Å². The molecule has 0 aromatic heterocycles. The first kappa shape index (κ1) is 24.0. The molecule has 5 rings (SSSR count). The number of benzene rings is 3. The van der Waals surface area contributed by atoms with Gasteiger partial charge in [-0.1, -0.05) is 66.7 Å². The molecule has 0 amide bonds. The van der Waals surface area contributed by atoms with E-state index in [-0.39, 0.29) is 28.8 Å². The number of nitrogens with zero attached hydrogens (tertiary/aromatic N) is 1. The molecule has 2 aliphatic rings. The minimum absolute atomic E-state index is 0.0322. The molecule has 0 unspecified atom stereocenters. The van der Waals surface area contributed by atoms with E-state index in [1.165, 1.54) is 10.4 Å². The fourth-order valence-electron chi connectivity index (χ4n) is 5.50. The zero-order valence-corrected chi connectivity index (χ0v) is 19.8. The monoisotopic (exact) mass is 500 g/mol. The molecule has 0 spiro atoms. The second kappa shape index (κ2) is 9.41. The average Bonchev–Trinajstić information content (AvgIpc) is 3.45. The molecule has 0 radical (unpaired) electrons. The Balaban J connectivity index is 1.36. The maximum Gasteiger partial charge on any atom is 0.416 e. The highest BCUT2D eigenvalue weighted by Gasteiger charge is 2.47. The second-order valence-corrected chi connectivity index (χ2v) is 11.3. The first-order chi connectivity index (χ1) is 16.7. The molecule has 8 heteroatoms. The third kappa shape index (κ3) is 4.87. The lowest BCUT2D eigenvalue weighted by Crippen LogP contribution is -2.39. The number of halogens is 3. The topological polar surface area (TPSA) is 49.4 Å². The summed E-state index contributed by atoms with van der Waals surface area (Å²) in [5.41, 5.74) is 1.31. The van der Waals surface area contributed by atoms with Gasteiger partial charge < -0.3 is 5.32 Å². The third-order valence-electron chi connectivity index (χ3n) is 7.27. The van der Waals surface area contributed by atoms with Gasteiger partial charge in [-0.3, -0.25) is 0 Å². The van der Waals surface area contributed by atoms with Gasteiger partial charge in [0.2, 0.25) is 10.0 Å². The van der Waals surface area contributed by atoms with Crippen molar-refractivity contribution in [3.8, 4) is 0 Å². The Labute approximate surface area is 203 Å². The van der Waals surface area contributed by atoms with Crippen LogP contribution < -0.4 is 5.32 Å². The molecule has 1 aliphatic carbocycles. The smallest absolute Gasteiger partial charge is 0.303 e. The van der Waals surface area contributed by atoms with Crippen molar-refractivity contribution in [1.82, 2.24) is 9.62 Å². The van der Waals surface area contributed by atoms with Crippen molar-refractivity contribution < 1.29 is 21.6 Å². The van der Waals surface area contributed by atoms with Gasteiger partial charge in [0.05, 0.1) is 16.5 Å². The van der Waals surface area contributed by atoms with Gasteiger partial charge >= 0.3 is 6.18 Å². The quantitative estimate of drug-likeness (QED) is 0.487. The zero-order valence-electron chi connectivity index (χ0n) is 19.0. The highest BCUT2D eigenvalue weighted by atomic mass is 32.2. The molecular formula is C27H27F3N2O2S. The molecule has 0 bridgehead atoms. The van der Waals surface area contributed by atoms with Crippen LogP contribution in [-0.4, -0.2) is 31.9 Å². The van der Waals surface area contributed by atoms with Crippen LogP contribution in [0.4, 0.5) is 13.2 Å². The van der Waals surface area contributed by atoms with E-state index in [2.05, 4.69) is 29.6 Å². The molecule has 3 aromatic carbocycles. The number of rotatable bonds is 6. The molecule has 4 nitrogen and oxygen atoms in total. The number of fused-ring (bicyclic) bond motifs is 1. The zero-order chi connectivity index (χ0) is 24.6. The summed E-state index contributed by atoms with van der Waals surface area (Å²) in [6.07, 6.45) is -2.78. The molecule has 1 saturated heterocycles. The maximum atomic E-state index is 13.3. The number of hydrogen-bond donors (Lipinski definition) is 1. The predicted octanol–water partition coefficient (Wildman–Crippen LogP) is 5.48. The Morgan fingerprint density at radius 2 is 1.46 bits per heavy atom. The van der Waals surface area contributed by atoms with Crippen molar-refractivity contribution in [2.75, 3.05) is 13.1 Å². The Morgan fingerprint density at radius 1 is 0.829 bits per heavy atom. The minimum atomic E-state index is -4.59. The fourth-order valence-corrected chi connectivity index (χ4v) is 7.08. The molecule has 3 aromatic rings.